The van der Waals surface area contributed by atoms with Gasteiger partial charge in [-0.1, -0.05) is 11.6 Å². The molecule has 20 heavy (non-hydrogen) atoms. The van der Waals surface area contributed by atoms with Gasteiger partial charge in [0, 0.05) is 33.7 Å². The summed E-state index contributed by atoms with van der Waals surface area (Å²) in [6.07, 6.45) is 0.106. The van der Waals surface area contributed by atoms with Crippen LogP contribution >= 0.6 is 27.5 Å². The average Bonchev–Trinajstić information content (AvgIpc) is 2.32. The molecule has 0 fully saturated rings. The van der Waals surface area contributed by atoms with Gasteiger partial charge < -0.3 is 15.8 Å². The molecule has 0 saturated carbocycles. The molecule has 0 atom stereocenters. The van der Waals surface area contributed by atoms with Crippen molar-refractivity contribution in [3.05, 3.63) is 45.9 Å². The number of rotatable bonds is 4. The summed E-state index contributed by atoms with van der Waals surface area (Å²) in [7, 11) is 0. The molecule has 0 unspecified atom stereocenters. The van der Waals surface area contributed by atoms with Crippen molar-refractivity contribution in [2.45, 2.75) is 20.0 Å². The van der Waals surface area contributed by atoms with Crippen LogP contribution in [-0.4, -0.2) is 6.10 Å². The first-order valence-corrected chi connectivity index (χ1v) is 7.40. The number of anilines is 3. The van der Waals surface area contributed by atoms with Crippen LogP contribution in [0.3, 0.4) is 0 Å². The van der Waals surface area contributed by atoms with E-state index in [-0.39, 0.29) is 6.10 Å². The van der Waals surface area contributed by atoms with E-state index < -0.39 is 0 Å². The Morgan fingerprint density at radius 1 is 1.15 bits per heavy atom. The molecule has 0 radical (unpaired) electrons. The maximum atomic E-state index is 5.98. The molecule has 0 amide bonds. The number of nitrogens with two attached hydrogens (primary N) is 1. The fraction of sp³-hybridized carbons (Fsp3) is 0.200. The number of benzene rings is 2. The van der Waals surface area contributed by atoms with Crippen molar-refractivity contribution in [2.24, 2.45) is 0 Å². The van der Waals surface area contributed by atoms with E-state index >= 15 is 0 Å². The molecule has 0 bridgehead atoms. The number of nitrogens with one attached hydrogen (secondary N) is 1. The fourth-order valence-corrected chi connectivity index (χ4v) is 2.27. The molecular weight excluding hydrogens is 340 g/mol. The molecule has 0 spiro atoms. The van der Waals surface area contributed by atoms with Gasteiger partial charge in [-0.05, 0) is 54.0 Å². The number of ether oxygens (including phenoxy) is 1. The lowest BCUT2D eigenvalue weighted by atomic mass is 10.2. The quantitative estimate of drug-likeness (QED) is 0.740. The van der Waals surface area contributed by atoms with E-state index in [1.54, 1.807) is 0 Å². The van der Waals surface area contributed by atoms with Crippen LogP contribution in [0, 0.1) is 0 Å². The molecule has 3 N–H and O–H groups in total. The Labute approximate surface area is 132 Å². The van der Waals surface area contributed by atoms with E-state index in [1.165, 1.54) is 0 Å². The van der Waals surface area contributed by atoms with Crippen LogP contribution in [-0.2, 0) is 0 Å². The highest BCUT2D eigenvalue weighted by Gasteiger charge is 2.04. The zero-order valence-corrected chi connectivity index (χ0v) is 13.6. The fourth-order valence-electron chi connectivity index (χ4n) is 1.78. The van der Waals surface area contributed by atoms with Crippen LogP contribution in [0.4, 0.5) is 17.1 Å². The molecule has 5 heteroatoms. The van der Waals surface area contributed by atoms with Crippen molar-refractivity contribution in [3.63, 3.8) is 0 Å². The summed E-state index contributed by atoms with van der Waals surface area (Å²) in [6.45, 7) is 3.96. The highest BCUT2D eigenvalue weighted by Crippen LogP contribution is 2.30. The van der Waals surface area contributed by atoms with Crippen molar-refractivity contribution < 1.29 is 4.74 Å². The SMILES string of the molecule is CC(C)Oc1cc(N)cc(Nc2ccc(Cl)c(Br)c2)c1. The van der Waals surface area contributed by atoms with Gasteiger partial charge in [0.1, 0.15) is 5.75 Å². The van der Waals surface area contributed by atoms with Crippen molar-refractivity contribution in [1.82, 2.24) is 0 Å². The van der Waals surface area contributed by atoms with Crippen LogP contribution in [0.2, 0.25) is 5.02 Å². The van der Waals surface area contributed by atoms with E-state index in [9.17, 15) is 0 Å². The first-order chi connectivity index (χ1) is 9.44. The summed E-state index contributed by atoms with van der Waals surface area (Å²) in [6, 6.07) is 11.2. The Morgan fingerprint density at radius 3 is 2.55 bits per heavy atom. The predicted molar refractivity (Wildman–Crippen MR) is 89.1 cm³/mol. The molecule has 3 nitrogen and oxygen atoms in total. The lowest BCUT2D eigenvalue weighted by Gasteiger charge is -2.13. The highest BCUT2D eigenvalue weighted by atomic mass is 79.9. The minimum Gasteiger partial charge on any atom is -0.491 e. The Hall–Kier alpha value is -1.39. The zero-order chi connectivity index (χ0) is 14.7. The van der Waals surface area contributed by atoms with Gasteiger partial charge in [-0.2, -0.15) is 0 Å². The largest absolute Gasteiger partial charge is 0.491 e. The van der Waals surface area contributed by atoms with Crippen LogP contribution in [0.5, 0.6) is 5.75 Å². The standard InChI is InChI=1S/C15H16BrClN2O/c1-9(2)20-13-6-10(18)5-12(7-13)19-11-3-4-15(17)14(16)8-11/h3-9,19H,18H2,1-2H3. The molecule has 2 rings (SSSR count). The van der Waals surface area contributed by atoms with Gasteiger partial charge in [-0.15, -0.1) is 0 Å². The van der Waals surface area contributed by atoms with E-state index in [0.29, 0.717) is 10.7 Å². The van der Waals surface area contributed by atoms with E-state index in [4.69, 9.17) is 22.1 Å². The molecule has 0 saturated heterocycles. The van der Waals surface area contributed by atoms with Gasteiger partial charge >= 0.3 is 0 Å². The highest BCUT2D eigenvalue weighted by molar-refractivity contribution is 9.10. The number of hydrogen-bond acceptors (Lipinski definition) is 3. The van der Waals surface area contributed by atoms with E-state index in [0.717, 1.165) is 21.6 Å². The molecule has 0 aliphatic heterocycles. The van der Waals surface area contributed by atoms with Crippen molar-refractivity contribution >= 4 is 44.6 Å². The van der Waals surface area contributed by atoms with Gasteiger partial charge in [0.2, 0.25) is 0 Å². The molecule has 0 heterocycles. The van der Waals surface area contributed by atoms with Crippen molar-refractivity contribution in [1.29, 1.82) is 0 Å². The van der Waals surface area contributed by atoms with Crippen LogP contribution in [0.15, 0.2) is 40.9 Å². The number of nitrogen functional groups attached to an aromatic ring is 1. The van der Waals surface area contributed by atoms with Crippen LogP contribution < -0.4 is 15.8 Å². The van der Waals surface area contributed by atoms with Gasteiger partial charge in [0.05, 0.1) is 11.1 Å². The first kappa shape index (κ1) is 15.0. The van der Waals surface area contributed by atoms with Crippen LogP contribution in [0.25, 0.3) is 0 Å². The molecule has 0 aliphatic carbocycles. The lowest BCUT2D eigenvalue weighted by Crippen LogP contribution is -2.06. The summed E-state index contributed by atoms with van der Waals surface area (Å²) < 4.78 is 6.51. The Kier molecular flexibility index (Phi) is 4.78. The minimum absolute atomic E-state index is 0.106. The topological polar surface area (TPSA) is 47.3 Å². The predicted octanol–water partition coefficient (Wildman–Crippen LogP) is 5.22. The van der Waals surface area contributed by atoms with Gasteiger partial charge in [-0.3, -0.25) is 0 Å². The van der Waals surface area contributed by atoms with Gasteiger partial charge in [0.25, 0.3) is 0 Å². The maximum absolute atomic E-state index is 5.98. The van der Waals surface area contributed by atoms with Gasteiger partial charge in [-0.25, -0.2) is 0 Å². The molecule has 2 aromatic carbocycles. The summed E-state index contributed by atoms with van der Waals surface area (Å²) in [4.78, 5) is 0. The average molecular weight is 356 g/mol. The van der Waals surface area contributed by atoms with E-state index in [1.807, 2.05) is 50.2 Å². The zero-order valence-electron chi connectivity index (χ0n) is 11.3. The van der Waals surface area contributed by atoms with E-state index in [2.05, 4.69) is 21.2 Å². The summed E-state index contributed by atoms with van der Waals surface area (Å²) in [5.74, 6) is 0.746. The second-order valence-electron chi connectivity index (χ2n) is 4.71. The summed E-state index contributed by atoms with van der Waals surface area (Å²) >= 11 is 9.38. The molecular formula is C15H16BrClN2O. The summed E-state index contributed by atoms with van der Waals surface area (Å²) in [5, 5.41) is 3.95. The normalized spacial score (nSPS) is 10.7. The third-order valence-corrected chi connectivity index (χ3v) is 3.72. The Balaban J connectivity index is 2.24. The third kappa shape index (κ3) is 4.05. The van der Waals surface area contributed by atoms with Crippen LogP contribution in [0.1, 0.15) is 13.8 Å². The molecule has 0 aromatic heterocycles. The molecule has 106 valence electrons. The summed E-state index contributed by atoms with van der Waals surface area (Å²) in [5.41, 5.74) is 8.33. The van der Waals surface area contributed by atoms with Crippen molar-refractivity contribution in [2.75, 3.05) is 11.1 Å². The number of halogens is 2. The minimum atomic E-state index is 0.106. The van der Waals surface area contributed by atoms with Gasteiger partial charge in [0.15, 0.2) is 0 Å². The second kappa shape index (κ2) is 6.37. The Morgan fingerprint density at radius 2 is 1.90 bits per heavy atom. The lowest BCUT2D eigenvalue weighted by molar-refractivity contribution is 0.242. The smallest absolute Gasteiger partial charge is 0.123 e. The third-order valence-electron chi connectivity index (χ3n) is 2.51. The maximum Gasteiger partial charge on any atom is 0.123 e. The Bertz CT molecular complexity index is 617. The monoisotopic (exact) mass is 354 g/mol. The first-order valence-electron chi connectivity index (χ1n) is 6.23. The van der Waals surface area contributed by atoms with Crippen molar-refractivity contribution in [3.8, 4) is 5.75 Å². The molecule has 0 aliphatic rings. The number of hydrogen-bond donors (Lipinski definition) is 2. The second-order valence-corrected chi connectivity index (χ2v) is 5.97. The molecule has 2 aromatic rings.